The van der Waals surface area contributed by atoms with E-state index in [4.69, 9.17) is 4.42 Å². The van der Waals surface area contributed by atoms with Crippen molar-refractivity contribution in [2.75, 3.05) is 0 Å². The first-order valence-corrected chi connectivity index (χ1v) is 11.3. The maximum Gasteiger partial charge on any atom is 0.140 e. The van der Waals surface area contributed by atoms with Crippen LogP contribution >= 0.6 is 0 Å². The Balaban J connectivity index is 1.54. The lowest BCUT2D eigenvalue weighted by atomic mass is 9.85. The zero-order valence-electron chi connectivity index (χ0n) is 18.2. The van der Waals surface area contributed by atoms with Crippen LogP contribution in [-0.4, -0.2) is 4.98 Å². The highest BCUT2D eigenvalue weighted by molar-refractivity contribution is 6.09. The van der Waals surface area contributed by atoms with Gasteiger partial charge in [0.25, 0.3) is 0 Å². The average molecular weight is 434 g/mol. The molecule has 0 saturated carbocycles. The van der Waals surface area contributed by atoms with Crippen molar-refractivity contribution in [3.05, 3.63) is 126 Å². The molecule has 0 aliphatic heterocycles. The summed E-state index contributed by atoms with van der Waals surface area (Å²) in [5.41, 5.74) is 10.4. The highest BCUT2D eigenvalue weighted by atomic mass is 16.3. The molecule has 4 aromatic carbocycles. The summed E-state index contributed by atoms with van der Waals surface area (Å²) in [6.45, 7) is 0. The van der Waals surface area contributed by atoms with E-state index in [0.717, 1.165) is 33.2 Å². The lowest BCUT2D eigenvalue weighted by molar-refractivity contribution is 0.662. The molecule has 34 heavy (non-hydrogen) atoms. The van der Waals surface area contributed by atoms with Crippen LogP contribution in [0.15, 0.2) is 108 Å². The van der Waals surface area contributed by atoms with Gasteiger partial charge in [-0.05, 0) is 46.5 Å². The number of nitrogens with zero attached hydrogens (tertiary/aromatic N) is 2. The molecule has 0 N–H and O–H groups in total. The lowest BCUT2D eigenvalue weighted by Gasteiger charge is -2.18. The fourth-order valence-corrected chi connectivity index (χ4v) is 5.41. The molecule has 0 spiro atoms. The maximum absolute atomic E-state index is 9.20. The number of hydrogen-bond acceptors (Lipinski definition) is 3. The number of pyridine rings is 1. The molecule has 2 aromatic heterocycles. The van der Waals surface area contributed by atoms with Crippen LogP contribution in [0.3, 0.4) is 0 Å². The number of nitriles is 1. The monoisotopic (exact) mass is 434 g/mol. The summed E-state index contributed by atoms with van der Waals surface area (Å²) in [6, 6.07) is 35.6. The largest absolute Gasteiger partial charge is 0.456 e. The molecule has 6 aromatic rings. The van der Waals surface area contributed by atoms with Crippen molar-refractivity contribution in [1.29, 1.82) is 5.26 Å². The van der Waals surface area contributed by atoms with E-state index in [9.17, 15) is 5.26 Å². The number of para-hydroxylation sites is 1. The highest BCUT2D eigenvalue weighted by Crippen LogP contribution is 2.53. The summed E-state index contributed by atoms with van der Waals surface area (Å²) in [5.74, 6) is 0.0177. The summed E-state index contributed by atoms with van der Waals surface area (Å²) < 4.78 is 6.50. The van der Waals surface area contributed by atoms with Gasteiger partial charge in [0, 0.05) is 34.0 Å². The number of hydrogen-bond donors (Lipinski definition) is 0. The predicted molar refractivity (Wildman–Crippen MR) is 134 cm³/mol. The van der Waals surface area contributed by atoms with Gasteiger partial charge in [0.05, 0.1) is 11.3 Å². The van der Waals surface area contributed by atoms with Crippen LogP contribution < -0.4 is 0 Å². The minimum atomic E-state index is 0.0177. The lowest BCUT2D eigenvalue weighted by Crippen LogP contribution is -2.02. The Hall–Kier alpha value is -4.68. The Morgan fingerprint density at radius 3 is 2.21 bits per heavy atom. The number of fused-ring (bicyclic) bond motifs is 7. The molecule has 0 fully saturated rings. The Bertz CT molecular complexity index is 1770. The minimum Gasteiger partial charge on any atom is -0.456 e. The first-order valence-electron chi connectivity index (χ1n) is 11.3. The first-order chi connectivity index (χ1) is 16.8. The van der Waals surface area contributed by atoms with E-state index in [-0.39, 0.29) is 5.92 Å². The van der Waals surface area contributed by atoms with Gasteiger partial charge in [-0.15, -0.1) is 0 Å². The molecule has 1 atom stereocenters. The van der Waals surface area contributed by atoms with E-state index in [2.05, 4.69) is 77.8 Å². The van der Waals surface area contributed by atoms with Crippen molar-refractivity contribution in [2.45, 2.75) is 5.92 Å². The zero-order valence-corrected chi connectivity index (χ0v) is 18.2. The van der Waals surface area contributed by atoms with Crippen molar-refractivity contribution < 1.29 is 4.42 Å². The molecule has 1 unspecified atom stereocenters. The third-order valence-corrected chi connectivity index (χ3v) is 6.88. The number of benzene rings is 4. The van der Waals surface area contributed by atoms with Gasteiger partial charge in [0.1, 0.15) is 17.2 Å². The van der Waals surface area contributed by atoms with E-state index in [1.165, 1.54) is 27.8 Å². The Morgan fingerprint density at radius 2 is 1.41 bits per heavy atom. The van der Waals surface area contributed by atoms with Crippen LogP contribution in [0.5, 0.6) is 0 Å². The maximum atomic E-state index is 9.20. The van der Waals surface area contributed by atoms with Crippen LogP contribution in [0.25, 0.3) is 44.3 Å². The van der Waals surface area contributed by atoms with Gasteiger partial charge in [-0.3, -0.25) is 4.98 Å². The molecule has 3 heteroatoms. The molecule has 1 aliphatic rings. The van der Waals surface area contributed by atoms with Gasteiger partial charge in [-0.25, -0.2) is 0 Å². The summed E-state index contributed by atoms with van der Waals surface area (Å²) >= 11 is 0. The van der Waals surface area contributed by atoms with E-state index < -0.39 is 0 Å². The van der Waals surface area contributed by atoms with Crippen LogP contribution in [-0.2, 0) is 0 Å². The average Bonchev–Trinajstić information content (AvgIpc) is 3.45. The Morgan fingerprint density at radius 1 is 0.676 bits per heavy atom. The summed E-state index contributed by atoms with van der Waals surface area (Å²) in [5, 5.41) is 11.5. The van der Waals surface area contributed by atoms with Gasteiger partial charge >= 0.3 is 0 Å². The second-order valence-corrected chi connectivity index (χ2v) is 8.65. The number of furan rings is 1. The second-order valence-electron chi connectivity index (χ2n) is 8.65. The van der Waals surface area contributed by atoms with E-state index >= 15 is 0 Å². The standard InChI is InChI=1S/C31H18N2O/c32-17-19-13-16-27(33-18-19)21-8-2-4-11-24(21)29-23-10-3-1-7-20(23)25-14-15-26-22-9-5-6-12-28(22)34-31(26)30(25)29/h1-16,18,29H. The molecule has 3 nitrogen and oxygen atoms in total. The number of rotatable bonds is 2. The molecule has 158 valence electrons. The molecule has 0 bridgehead atoms. The van der Waals surface area contributed by atoms with Crippen molar-refractivity contribution >= 4 is 21.9 Å². The van der Waals surface area contributed by atoms with Gasteiger partial charge in [0.2, 0.25) is 0 Å². The van der Waals surface area contributed by atoms with Crippen LogP contribution in [0.1, 0.15) is 28.2 Å². The molecule has 7 rings (SSSR count). The molecule has 0 amide bonds. The normalized spacial score (nSPS) is 14.1. The third-order valence-electron chi connectivity index (χ3n) is 6.88. The van der Waals surface area contributed by atoms with Crippen molar-refractivity contribution in [3.8, 4) is 28.5 Å². The third kappa shape index (κ3) is 2.60. The highest BCUT2D eigenvalue weighted by Gasteiger charge is 2.34. The topological polar surface area (TPSA) is 49.8 Å². The van der Waals surface area contributed by atoms with Crippen LogP contribution in [0, 0.1) is 11.3 Å². The van der Waals surface area contributed by atoms with E-state index in [0.29, 0.717) is 5.56 Å². The van der Waals surface area contributed by atoms with E-state index in [1.807, 2.05) is 30.3 Å². The van der Waals surface area contributed by atoms with Gasteiger partial charge < -0.3 is 4.42 Å². The van der Waals surface area contributed by atoms with Crippen LogP contribution in [0.4, 0.5) is 0 Å². The molecular formula is C31H18N2O. The van der Waals surface area contributed by atoms with Gasteiger partial charge in [-0.1, -0.05) is 72.8 Å². The number of aromatic nitrogens is 1. The predicted octanol–water partition coefficient (Wildman–Crippen LogP) is 7.68. The smallest absolute Gasteiger partial charge is 0.140 e. The quantitative estimate of drug-likeness (QED) is 0.280. The minimum absolute atomic E-state index is 0.0177. The molecule has 0 saturated heterocycles. The fourth-order valence-electron chi connectivity index (χ4n) is 5.41. The molecular weight excluding hydrogens is 416 g/mol. The summed E-state index contributed by atoms with van der Waals surface area (Å²) in [6.07, 6.45) is 1.64. The Kier molecular flexibility index (Phi) is 3.97. The SMILES string of the molecule is N#Cc1ccc(-c2ccccc2C2c3ccccc3-c3ccc4c(oc5ccccc54)c32)nc1. The first kappa shape index (κ1) is 18.8. The van der Waals surface area contributed by atoms with Crippen molar-refractivity contribution in [3.63, 3.8) is 0 Å². The molecule has 0 radical (unpaired) electrons. The fraction of sp³-hybridized carbons (Fsp3) is 0.0323. The molecule has 1 aliphatic carbocycles. The summed E-state index contributed by atoms with van der Waals surface area (Å²) in [4.78, 5) is 4.61. The van der Waals surface area contributed by atoms with Crippen LogP contribution in [0.2, 0.25) is 0 Å². The molecule has 2 heterocycles. The van der Waals surface area contributed by atoms with E-state index in [1.54, 1.807) is 6.20 Å². The van der Waals surface area contributed by atoms with Gasteiger partial charge in [-0.2, -0.15) is 5.26 Å². The van der Waals surface area contributed by atoms with Crippen molar-refractivity contribution in [2.24, 2.45) is 0 Å². The van der Waals surface area contributed by atoms with Crippen molar-refractivity contribution in [1.82, 2.24) is 4.98 Å². The second kappa shape index (κ2) is 7.16. The Labute approximate surface area is 196 Å². The zero-order chi connectivity index (χ0) is 22.6. The summed E-state index contributed by atoms with van der Waals surface area (Å²) in [7, 11) is 0. The van der Waals surface area contributed by atoms with Gasteiger partial charge in [0.15, 0.2) is 0 Å².